The van der Waals surface area contributed by atoms with Gasteiger partial charge in [0.2, 0.25) is 0 Å². The van der Waals surface area contributed by atoms with Crippen LogP contribution in [0.5, 0.6) is 0 Å². The molecule has 0 saturated heterocycles. The van der Waals surface area contributed by atoms with Gasteiger partial charge < -0.3 is 15.5 Å². The van der Waals surface area contributed by atoms with E-state index < -0.39 is 17.8 Å². The van der Waals surface area contributed by atoms with Gasteiger partial charge in [-0.05, 0) is 18.2 Å². The molecular weight excluding hydrogens is 202 g/mol. The van der Waals surface area contributed by atoms with Crippen LogP contribution in [0.15, 0.2) is 24.3 Å². The van der Waals surface area contributed by atoms with Crippen molar-refractivity contribution in [2.75, 3.05) is 5.32 Å². The van der Waals surface area contributed by atoms with Gasteiger partial charge in [0, 0.05) is 5.69 Å². The third-order valence-corrected chi connectivity index (χ3v) is 1.56. The van der Waals surface area contributed by atoms with Crippen molar-refractivity contribution in [3.63, 3.8) is 0 Å². The van der Waals surface area contributed by atoms with E-state index in [9.17, 15) is 14.4 Å². The minimum Gasteiger partial charge on any atom is -0.478 e. The molecule has 0 spiro atoms. The normalized spacial score (nSPS) is 9.33. The van der Waals surface area contributed by atoms with Crippen LogP contribution in [0.2, 0.25) is 0 Å². The summed E-state index contributed by atoms with van der Waals surface area (Å²) in [6.45, 7) is 0. The lowest BCUT2D eigenvalue weighted by Crippen LogP contribution is -2.21. The number of hydrogen-bond donors (Lipinski definition) is 3. The maximum Gasteiger partial charge on any atom is 0.394 e. The molecule has 0 bridgehead atoms. The van der Waals surface area contributed by atoms with Crippen molar-refractivity contribution in [3.05, 3.63) is 29.8 Å². The van der Waals surface area contributed by atoms with Crippen LogP contribution in [0.25, 0.3) is 0 Å². The molecule has 0 unspecified atom stereocenters. The molecule has 0 fully saturated rings. The summed E-state index contributed by atoms with van der Waals surface area (Å²) >= 11 is 0. The first kappa shape index (κ1) is 10.7. The number of carbonyl (C=O) groups is 3. The number of rotatable bonds is 2. The van der Waals surface area contributed by atoms with Gasteiger partial charge in [0.1, 0.15) is 0 Å². The highest BCUT2D eigenvalue weighted by Crippen LogP contribution is 2.10. The Morgan fingerprint density at radius 1 is 1.13 bits per heavy atom. The lowest BCUT2D eigenvalue weighted by atomic mass is 10.2. The van der Waals surface area contributed by atoms with Gasteiger partial charge in [0.25, 0.3) is 0 Å². The van der Waals surface area contributed by atoms with E-state index in [0.717, 1.165) is 0 Å². The van der Waals surface area contributed by atoms with Crippen molar-refractivity contribution in [3.8, 4) is 0 Å². The summed E-state index contributed by atoms with van der Waals surface area (Å²) in [5.41, 5.74) is 0.0977. The van der Waals surface area contributed by atoms with E-state index >= 15 is 0 Å². The van der Waals surface area contributed by atoms with E-state index in [-0.39, 0.29) is 11.3 Å². The second kappa shape index (κ2) is 4.23. The monoisotopic (exact) mass is 209 g/mol. The van der Waals surface area contributed by atoms with Crippen molar-refractivity contribution < 1.29 is 24.6 Å². The highest BCUT2D eigenvalue weighted by atomic mass is 16.4. The van der Waals surface area contributed by atoms with E-state index in [0.29, 0.717) is 0 Å². The standard InChI is InChI=1S/C9H7NO5/c11-7(9(14)15)10-6-3-1-2-5(4-6)8(12)13/h1-4H,(H,10,11)(H,12,13)(H,14,15). The van der Waals surface area contributed by atoms with Crippen molar-refractivity contribution in [2.45, 2.75) is 0 Å². The highest BCUT2D eigenvalue weighted by Gasteiger charge is 2.11. The number of benzene rings is 1. The SMILES string of the molecule is O=C(O)C(=O)Nc1cccc(C(=O)O)c1. The fourth-order valence-corrected chi connectivity index (χ4v) is 0.915. The van der Waals surface area contributed by atoms with Gasteiger partial charge in [-0.25, -0.2) is 9.59 Å². The second-order valence-electron chi connectivity index (χ2n) is 2.65. The summed E-state index contributed by atoms with van der Waals surface area (Å²) in [5, 5.41) is 19.0. The van der Waals surface area contributed by atoms with Crippen molar-refractivity contribution in [1.82, 2.24) is 0 Å². The molecule has 1 rings (SSSR count). The molecule has 6 heteroatoms. The molecule has 0 saturated carbocycles. The summed E-state index contributed by atoms with van der Waals surface area (Å²) in [6, 6.07) is 5.30. The van der Waals surface area contributed by atoms with Crippen LogP contribution in [0, 0.1) is 0 Å². The number of carboxylic acids is 2. The lowest BCUT2D eigenvalue weighted by Gasteiger charge is -2.02. The largest absolute Gasteiger partial charge is 0.478 e. The summed E-state index contributed by atoms with van der Waals surface area (Å²) in [4.78, 5) is 31.5. The maximum absolute atomic E-state index is 10.7. The van der Waals surface area contributed by atoms with Gasteiger partial charge in [-0.2, -0.15) is 0 Å². The Bertz CT molecular complexity index is 426. The molecule has 1 aromatic rings. The minimum atomic E-state index is -1.63. The number of nitrogens with one attached hydrogen (secondary N) is 1. The van der Waals surface area contributed by atoms with E-state index in [1.165, 1.54) is 24.3 Å². The Kier molecular flexibility index (Phi) is 3.02. The molecular formula is C9H7NO5. The van der Waals surface area contributed by atoms with Crippen molar-refractivity contribution in [1.29, 1.82) is 0 Å². The Hall–Kier alpha value is -2.37. The Labute approximate surface area is 84.1 Å². The zero-order chi connectivity index (χ0) is 11.4. The number of aromatic carboxylic acids is 1. The molecule has 78 valence electrons. The average molecular weight is 209 g/mol. The third kappa shape index (κ3) is 2.80. The smallest absolute Gasteiger partial charge is 0.394 e. The van der Waals surface area contributed by atoms with Crippen LogP contribution in [0.4, 0.5) is 5.69 Å². The number of amides is 1. The van der Waals surface area contributed by atoms with Gasteiger partial charge in [-0.3, -0.25) is 4.79 Å². The molecule has 0 heterocycles. The summed E-state index contributed by atoms with van der Waals surface area (Å²) in [5.74, 6) is -3.99. The third-order valence-electron chi connectivity index (χ3n) is 1.56. The summed E-state index contributed by atoms with van der Waals surface area (Å²) < 4.78 is 0. The maximum atomic E-state index is 10.7. The molecule has 15 heavy (non-hydrogen) atoms. The quantitative estimate of drug-likeness (QED) is 0.612. The van der Waals surface area contributed by atoms with Gasteiger partial charge in [-0.1, -0.05) is 6.07 Å². The van der Waals surface area contributed by atoms with E-state index in [1.807, 2.05) is 5.32 Å². The fraction of sp³-hybridized carbons (Fsp3) is 0. The number of carbonyl (C=O) groups excluding carboxylic acids is 1. The molecule has 0 aliphatic carbocycles. The Morgan fingerprint density at radius 2 is 1.80 bits per heavy atom. The first-order valence-electron chi connectivity index (χ1n) is 3.88. The second-order valence-corrected chi connectivity index (χ2v) is 2.65. The molecule has 0 atom stereocenters. The van der Waals surface area contributed by atoms with Gasteiger partial charge in [0.05, 0.1) is 5.56 Å². The fourth-order valence-electron chi connectivity index (χ4n) is 0.915. The topological polar surface area (TPSA) is 104 Å². The zero-order valence-electron chi connectivity index (χ0n) is 7.43. The predicted molar refractivity (Wildman–Crippen MR) is 49.7 cm³/mol. The van der Waals surface area contributed by atoms with Crippen LogP contribution in [-0.2, 0) is 9.59 Å². The van der Waals surface area contributed by atoms with Crippen LogP contribution in [-0.4, -0.2) is 28.1 Å². The molecule has 0 aliphatic heterocycles. The Morgan fingerprint density at radius 3 is 2.33 bits per heavy atom. The van der Waals surface area contributed by atoms with Gasteiger partial charge in [-0.15, -0.1) is 0 Å². The van der Waals surface area contributed by atoms with E-state index in [2.05, 4.69) is 0 Å². The number of aliphatic carboxylic acids is 1. The van der Waals surface area contributed by atoms with Crippen molar-refractivity contribution in [2.24, 2.45) is 0 Å². The summed E-state index contributed by atoms with van der Waals surface area (Å²) in [7, 11) is 0. The van der Waals surface area contributed by atoms with Crippen molar-refractivity contribution >= 4 is 23.5 Å². The molecule has 0 aromatic heterocycles. The zero-order valence-corrected chi connectivity index (χ0v) is 7.43. The molecule has 1 amide bonds. The van der Waals surface area contributed by atoms with Crippen LogP contribution in [0.3, 0.4) is 0 Å². The van der Waals surface area contributed by atoms with Crippen LogP contribution >= 0.6 is 0 Å². The molecule has 1 aromatic carbocycles. The first-order valence-corrected chi connectivity index (χ1v) is 3.88. The number of anilines is 1. The molecule has 6 nitrogen and oxygen atoms in total. The Balaban J connectivity index is 2.87. The summed E-state index contributed by atoms with van der Waals surface area (Å²) in [6.07, 6.45) is 0. The van der Waals surface area contributed by atoms with Crippen LogP contribution in [0.1, 0.15) is 10.4 Å². The van der Waals surface area contributed by atoms with E-state index in [1.54, 1.807) is 0 Å². The van der Waals surface area contributed by atoms with Gasteiger partial charge in [0.15, 0.2) is 0 Å². The molecule has 0 radical (unpaired) electrons. The number of carboxylic acid groups (broad SMARTS) is 2. The predicted octanol–water partition coefficient (Wildman–Crippen LogP) is 0.408. The van der Waals surface area contributed by atoms with E-state index in [4.69, 9.17) is 10.2 Å². The minimum absolute atomic E-state index is 0.0295. The molecule has 0 aliphatic rings. The number of hydrogen-bond acceptors (Lipinski definition) is 3. The lowest BCUT2D eigenvalue weighted by molar-refractivity contribution is -0.147. The van der Waals surface area contributed by atoms with Gasteiger partial charge >= 0.3 is 17.8 Å². The molecule has 3 N–H and O–H groups in total. The highest BCUT2D eigenvalue weighted by molar-refractivity contribution is 6.36. The first-order chi connectivity index (χ1) is 7.00. The van der Waals surface area contributed by atoms with Crippen LogP contribution < -0.4 is 5.32 Å². The average Bonchev–Trinajstić information content (AvgIpc) is 2.18.